The van der Waals surface area contributed by atoms with Crippen molar-refractivity contribution in [1.29, 1.82) is 0 Å². The summed E-state index contributed by atoms with van der Waals surface area (Å²) in [6.45, 7) is 0.848. The minimum Gasteiger partial charge on any atom is -0.313 e. The summed E-state index contributed by atoms with van der Waals surface area (Å²) < 4.78 is 13.0. The average Bonchev–Trinajstić information content (AvgIpc) is 2.90. The molecule has 2 aromatic rings. The minimum absolute atomic E-state index is 0.0485. The second-order valence-corrected chi connectivity index (χ2v) is 5.10. The van der Waals surface area contributed by atoms with Crippen LogP contribution >= 0.6 is 0 Å². The van der Waals surface area contributed by atoms with Gasteiger partial charge in [-0.05, 0) is 36.4 Å². The number of urea groups is 1. The molecule has 6 nitrogen and oxygen atoms in total. The number of nitrogens with one attached hydrogen (secondary N) is 1. The van der Waals surface area contributed by atoms with Crippen LogP contribution in [0.3, 0.4) is 0 Å². The molecule has 0 aliphatic carbocycles. The largest absolute Gasteiger partial charge is 0.325 e. The topological polar surface area (TPSA) is 65.5 Å². The average molecular weight is 314 g/mol. The molecule has 1 N–H and O–H groups in total. The van der Waals surface area contributed by atoms with E-state index in [9.17, 15) is 14.0 Å². The molecule has 0 unspecified atom stereocenters. The first kappa shape index (κ1) is 15.0. The molecule has 1 aromatic carbocycles. The van der Waals surface area contributed by atoms with Crippen molar-refractivity contribution in [2.24, 2.45) is 0 Å². The van der Waals surface area contributed by atoms with Gasteiger partial charge in [0.25, 0.3) is 0 Å². The van der Waals surface area contributed by atoms with Crippen LogP contribution in [-0.2, 0) is 4.79 Å². The van der Waals surface area contributed by atoms with Crippen molar-refractivity contribution in [2.75, 3.05) is 29.9 Å². The van der Waals surface area contributed by atoms with Gasteiger partial charge >= 0.3 is 6.03 Å². The lowest BCUT2D eigenvalue weighted by molar-refractivity contribution is -0.116. The van der Waals surface area contributed by atoms with Crippen LogP contribution in [0, 0.1) is 5.82 Å². The number of hydrogen-bond donors (Lipinski definition) is 1. The Hall–Kier alpha value is -2.96. The zero-order valence-electron chi connectivity index (χ0n) is 12.3. The van der Waals surface area contributed by atoms with E-state index < -0.39 is 0 Å². The first-order valence-corrected chi connectivity index (χ1v) is 7.16. The summed E-state index contributed by atoms with van der Waals surface area (Å²) in [5.41, 5.74) is 0.615. The Balaban J connectivity index is 1.61. The van der Waals surface area contributed by atoms with Crippen LogP contribution < -0.4 is 10.2 Å². The summed E-state index contributed by atoms with van der Waals surface area (Å²) in [7, 11) is 0. The molecule has 0 spiro atoms. The molecule has 0 radical (unpaired) electrons. The Kier molecular flexibility index (Phi) is 4.18. The number of pyridine rings is 1. The summed E-state index contributed by atoms with van der Waals surface area (Å²) >= 11 is 0. The molecule has 1 aliphatic rings. The Morgan fingerprint density at radius 1 is 1.17 bits per heavy atom. The summed E-state index contributed by atoms with van der Waals surface area (Å²) in [4.78, 5) is 31.3. The number of benzene rings is 1. The third-order valence-corrected chi connectivity index (χ3v) is 3.50. The number of carbonyl (C=O) groups is 2. The smallest absolute Gasteiger partial charge is 0.313 e. The van der Waals surface area contributed by atoms with E-state index in [1.807, 2.05) is 0 Å². The van der Waals surface area contributed by atoms with Crippen molar-refractivity contribution in [1.82, 2.24) is 9.88 Å². The van der Waals surface area contributed by atoms with Crippen LogP contribution in [0.25, 0.3) is 0 Å². The Labute approximate surface area is 132 Å². The molecule has 7 heteroatoms. The molecule has 1 aliphatic heterocycles. The SMILES string of the molecule is O=C(CN1CCN(c2ccc(F)cc2)C1=O)Nc1ccccn1. The standard InChI is InChI=1S/C16H15FN4O2/c17-12-4-6-13(7-5-12)21-10-9-20(16(21)23)11-15(22)19-14-3-1-2-8-18-14/h1-8H,9-11H2,(H,18,19,22). The zero-order chi connectivity index (χ0) is 16.2. The van der Waals surface area contributed by atoms with E-state index in [1.54, 1.807) is 36.5 Å². The Morgan fingerprint density at radius 3 is 2.65 bits per heavy atom. The van der Waals surface area contributed by atoms with E-state index in [4.69, 9.17) is 0 Å². The number of anilines is 2. The highest BCUT2D eigenvalue weighted by molar-refractivity contribution is 5.99. The van der Waals surface area contributed by atoms with E-state index in [1.165, 1.54) is 21.9 Å². The molecule has 118 valence electrons. The normalized spacial score (nSPS) is 14.2. The number of hydrogen-bond acceptors (Lipinski definition) is 3. The van der Waals surface area contributed by atoms with Crippen LogP contribution in [0.4, 0.5) is 20.7 Å². The lowest BCUT2D eigenvalue weighted by atomic mass is 10.3. The quantitative estimate of drug-likeness (QED) is 0.940. The predicted octanol–water partition coefficient (Wildman–Crippen LogP) is 2.10. The second kappa shape index (κ2) is 6.43. The number of rotatable bonds is 4. The van der Waals surface area contributed by atoms with Crippen molar-refractivity contribution < 1.29 is 14.0 Å². The van der Waals surface area contributed by atoms with Gasteiger partial charge in [0.2, 0.25) is 5.91 Å². The van der Waals surface area contributed by atoms with Gasteiger partial charge in [0.1, 0.15) is 18.2 Å². The molecule has 0 bridgehead atoms. The molecule has 3 amide bonds. The fourth-order valence-corrected chi connectivity index (χ4v) is 2.38. The maximum Gasteiger partial charge on any atom is 0.325 e. The van der Waals surface area contributed by atoms with E-state index in [0.29, 0.717) is 24.6 Å². The number of aromatic nitrogens is 1. The Morgan fingerprint density at radius 2 is 1.96 bits per heavy atom. The highest BCUT2D eigenvalue weighted by atomic mass is 19.1. The highest BCUT2D eigenvalue weighted by Crippen LogP contribution is 2.20. The molecule has 1 fully saturated rings. The number of halogens is 1. The summed E-state index contributed by atoms with van der Waals surface area (Å²) in [5, 5.41) is 2.64. The first-order chi connectivity index (χ1) is 11.1. The van der Waals surface area contributed by atoms with Crippen LogP contribution in [0.2, 0.25) is 0 Å². The van der Waals surface area contributed by atoms with E-state index >= 15 is 0 Å². The van der Waals surface area contributed by atoms with Crippen LogP contribution in [0.15, 0.2) is 48.7 Å². The number of amides is 3. The van der Waals surface area contributed by atoms with Crippen LogP contribution in [-0.4, -0.2) is 41.5 Å². The molecule has 3 rings (SSSR count). The molecular formula is C16H15FN4O2. The first-order valence-electron chi connectivity index (χ1n) is 7.16. The molecule has 1 aromatic heterocycles. The van der Waals surface area contributed by atoms with Gasteiger partial charge in [-0.15, -0.1) is 0 Å². The lowest BCUT2D eigenvalue weighted by Gasteiger charge is -2.18. The predicted molar refractivity (Wildman–Crippen MR) is 83.6 cm³/mol. The summed E-state index contributed by atoms with van der Waals surface area (Å²) in [6, 6.07) is 10.6. The van der Waals surface area contributed by atoms with Gasteiger partial charge in [-0.2, -0.15) is 0 Å². The van der Waals surface area contributed by atoms with Gasteiger partial charge in [-0.3, -0.25) is 9.69 Å². The molecule has 1 saturated heterocycles. The fraction of sp³-hybridized carbons (Fsp3) is 0.188. The monoisotopic (exact) mass is 314 g/mol. The lowest BCUT2D eigenvalue weighted by Crippen LogP contribution is -2.37. The van der Waals surface area contributed by atoms with Gasteiger partial charge in [0, 0.05) is 25.0 Å². The second-order valence-electron chi connectivity index (χ2n) is 5.10. The molecular weight excluding hydrogens is 299 g/mol. The molecule has 0 saturated carbocycles. The molecule has 2 heterocycles. The minimum atomic E-state index is -0.355. The van der Waals surface area contributed by atoms with Gasteiger partial charge in [-0.25, -0.2) is 14.2 Å². The van der Waals surface area contributed by atoms with Gasteiger partial charge in [0.05, 0.1) is 0 Å². The van der Waals surface area contributed by atoms with E-state index in [2.05, 4.69) is 10.3 Å². The van der Waals surface area contributed by atoms with Crippen molar-refractivity contribution in [3.63, 3.8) is 0 Å². The van der Waals surface area contributed by atoms with E-state index in [0.717, 1.165) is 0 Å². The number of nitrogens with zero attached hydrogens (tertiary/aromatic N) is 3. The third-order valence-electron chi connectivity index (χ3n) is 3.50. The summed E-state index contributed by atoms with van der Waals surface area (Å²) in [6.07, 6.45) is 1.58. The highest BCUT2D eigenvalue weighted by Gasteiger charge is 2.30. The van der Waals surface area contributed by atoms with Crippen molar-refractivity contribution in [3.05, 3.63) is 54.5 Å². The van der Waals surface area contributed by atoms with Gasteiger partial charge in [0.15, 0.2) is 0 Å². The van der Waals surface area contributed by atoms with Crippen LogP contribution in [0.1, 0.15) is 0 Å². The molecule has 23 heavy (non-hydrogen) atoms. The zero-order valence-corrected chi connectivity index (χ0v) is 12.3. The van der Waals surface area contributed by atoms with E-state index in [-0.39, 0.29) is 24.3 Å². The third kappa shape index (κ3) is 3.45. The van der Waals surface area contributed by atoms with Gasteiger partial charge < -0.3 is 10.2 Å². The van der Waals surface area contributed by atoms with Gasteiger partial charge in [-0.1, -0.05) is 6.07 Å². The van der Waals surface area contributed by atoms with Crippen molar-refractivity contribution >= 4 is 23.4 Å². The van der Waals surface area contributed by atoms with Crippen molar-refractivity contribution in [2.45, 2.75) is 0 Å². The maximum absolute atomic E-state index is 13.0. The maximum atomic E-state index is 13.0. The number of carbonyl (C=O) groups excluding carboxylic acids is 2. The van der Waals surface area contributed by atoms with Crippen molar-refractivity contribution in [3.8, 4) is 0 Å². The molecule has 0 atom stereocenters. The van der Waals surface area contributed by atoms with Crippen LogP contribution in [0.5, 0.6) is 0 Å². The fourth-order valence-electron chi connectivity index (χ4n) is 2.38. The Bertz CT molecular complexity index is 706. The summed E-state index contributed by atoms with van der Waals surface area (Å²) in [5.74, 6) is -0.218.